The number of rotatable bonds is 3. The van der Waals surface area contributed by atoms with Gasteiger partial charge in [-0.1, -0.05) is 0 Å². The maximum absolute atomic E-state index is 12.6. The Labute approximate surface area is 75.2 Å². The Bertz CT molecular complexity index is 289. The van der Waals surface area contributed by atoms with Crippen molar-refractivity contribution in [1.29, 1.82) is 0 Å². The summed E-state index contributed by atoms with van der Waals surface area (Å²) >= 11 is 0. The molecule has 13 heavy (non-hydrogen) atoms. The Hall–Kier alpha value is -1.16. The molecular weight excluding hydrogens is 176 g/mol. The zero-order valence-corrected chi connectivity index (χ0v) is 7.22. The average Bonchev–Trinajstić information content (AvgIpc) is 2.07. The van der Waals surface area contributed by atoms with E-state index in [2.05, 4.69) is 5.32 Å². The largest absolute Gasteiger partial charge is 0.392 e. The monoisotopic (exact) mass is 187 g/mol. The van der Waals surface area contributed by atoms with Crippen LogP contribution in [0.4, 0.5) is 14.5 Å². The van der Waals surface area contributed by atoms with Gasteiger partial charge in [0.2, 0.25) is 0 Å². The lowest BCUT2D eigenvalue weighted by Crippen LogP contribution is -2.15. The van der Waals surface area contributed by atoms with E-state index in [4.69, 9.17) is 5.11 Å². The molecule has 0 aliphatic rings. The van der Waals surface area contributed by atoms with Crippen molar-refractivity contribution in [1.82, 2.24) is 0 Å². The van der Waals surface area contributed by atoms with Gasteiger partial charge in [0.15, 0.2) is 11.6 Å². The molecule has 72 valence electrons. The molecule has 0 radical (unpaired) electrons. The molecular formula is C9H11F2NO. The first-order valence-electron chi connectivity index (χ1n) is 3.96. The molecule has 0 bridgehead atoms. The van der Waals surface area contributed by atoms with E-state index in [0.29, 0.717) is 12.2 Å². The molecule has 2 N–H and O–H groups in total. The fourth-order valence-electron chi connectivity index (χ4n) is 0.872. The maximum Gasteiger partial charge on any atom is 0.160 e. The molecule has 0 amide bonds. The van der Waals surface area contributed by atoms with Crippen LogP contribution in [0.2, 0.25) is 0 Å². The first-order chi connectivity index (χ1) is 6.09. The second-order valence-electron chi connectivity index (χ2n) is 2.86. The maximum atomic E-state index is 12.6. The standard InChI is InChI=1S/C9H11F2NO/c1-6(13)5-12-7-2-3-8(10)9(11)4-7/h2-4,6,12-13H,5H2,1H3/t6-/m0/s1. The van der Waals surface area contributed by atoms with Crippen molar-refractivity contribution in [2.45, 2.75) is 13.0 Å². The molecule has 1 atom stereocenters. The van der Waals surface area contributed by atoms with Gasteiger partial charge >= 0.3 is 0 Å². The second kappa shape index (κ2) is 4.18. The van der Waals surface area contributed by atoms with Crippen molar-refractivity contribution < 1.29 is 13.9 Å². The normalized spacial score (nSPS) is 12.6. The van der Waals surface area contributed by atoms with Gasteiger partial charge in [-0.25, -0.2) is 8.78 Å². The number of anilines is 1. The summed E-state index contributed by atoms with van der Waals surface area (Å²) in [6, 6.07) is 3.51. The predicted octanol–water partition coefficient (Wildman–Crippen LogP) is 1.76. The highest BCUT2D eigenvalue weighted by Gasteiger charge is 2.02. The molecule has 1 aromatic rings. The molecule has 0 aromatic heterocycles. The van der Waals surface area contributed by atoms with E-state index >= 15 is 0 Å². The smallest absolute Gasteiger partial charge is 0.160 e. The van der Waals surface area contributed by atoms with Crippen LogP contribution in [0.15, 0.2) is 18.2 Å². The number of hydrogen-bond acceptors (Lipinski definition) is 2. The third-order valence-corrected chi connectivity index (χ3v) is 1.52. The summed E-state index contributed by atoms with van der Waals surface area (Å²) in [5, 5.41) is 11.7. The Morgan fingerprint density at radius 3 is 2.62 bits per heavy atom. The highest BCUT2D eigenvalue weighted by atomic mass is 19.2. The minimum atomic E-state index is -0.893. The number of nitrogens with one attached hydrogen (secondary N) is 1. The molecule has 1 rings (SSSR count). The van der Waals surface area contributed by atoms with Crippen LogP contribution in [0.1, 0.15) is 6.92 Å². The van der Waals surface area contributed by atoms with Gasteiger partial charge in [0.1, 0.15) is 0 Å². The lowest BCUT2D eigenvalue weighted by atomic mass is 10.3. The fourth-order valence-corrected chi connectivity index (χ4v) is 0.872. The van der Waals surface area contributed by atoms with Crippen molar-refractivity contribution in [3.05, 3.63) is 29.8 Å². The molecule has 0 saturated heterocycles. The average molecular weight is 187 g/mol. The van der Waals surface area contributed by atoms with Crippen molar-refractivity contribution in [3.8, 4) is 0 Å². The van der Waals surface area contributed by atoms with E-state index in [9.17, 15) is 8.78 Å². The molecule has 1 aromatic carbocycles. The third-order valence-electron chi connectivity index (χ3n) is 1.52. The van der Waals surface area contributed by atoms with Crippen molar-refractivity contribution in [2.75, 3.05) is 11.9 Å². The first-order valence-corrected chi connectivity index (χ1v) is 3.96. The van der Waals surface area contributed by atoms with Gasteiger partial charge in [-0.3, -0.25) is 0 Å². The summed E-state index contributed by atoms with van der Waals surface area (Å²) in [4.78, 5) is 0. The summed E-state index contributed by atoms with van der Waals surface area (Å²) in [6.45, 7) is 1.91. The quantitative estimate of drug-likeness (QED) is 0.755. The highest BCUT2D eigenvalue weighted by Crippen LogP contribution is 2.12. The summed E-state index contributed by atoms with van der Waals surface area (Å²) in [5.74, 6) is -1.77. The highest BCUT2D eigenvalue weighted by molar-refractivity contribution is 5.43. The molecule has 0 unspecified atom stereocenters. The lowest BCUT2D eigenvalue weighted by Gasteiger charge is -2.08. The number of aliphatic hydroxyl groups excluding tert-OH is 1. The Balaban J connectivity index is 2.63. The second-order valence-corrected chi connectivity index (χ2v) is 2.86. The van der Waals surface area contributed by atoms with E-state index in [1.807, 2.05) is 0 Å². The van der Waals surface area contributed by atoms with Crippen LogP contribution in [-0.4, -0.2) is 17.8 Å². The van der Waals surface area contributed by atoms with E-state index < -0.39 is 17.7 Å². The number of aliphatic hydroxyl groups is 1. The zero-order valence-electron chi connectivity index (χ0n) is 7.22. The molecule has 0 aliphatic carbocycles. The topological polar surface area (TPSA) is 32.3 Å². The van der Waals surface area contributed by atoms with E-state index in [1.165, 1.54) is 6.07 Å². The van der Waals surface area contributed by atoms with Gasteiger partial charge < -0.3 is 10.4 Å². The Morgan fingerprint density at radius 1 is 1.38 bits per heavy atom. The molecule has 2 nitrogen and oxygen atoms in total. The Kier molecular flexibility index (Phi) is 3.19. The van der Waals surface area contributed by atoms with Crippen LogP contribution >= 0.6 is 0 Å². The first kappa shape index (κ1) is 9.92. The zero-order chi connectivity index (χ0) is 9.84. The van der Waals surface area contributed by atoms with E-state index in [0.717, 1.165) is 12.1 Å². The molecule has 0 saturated carbocycles. The summed E-state index contributed by atoms with van der Waals surface area (Å²) in [5.41, 5.74) is 0.458. The van der Waals surface area contributed by atoms with Gasteiger partial charge in [0.05, 0.1) is 6.10 Å². The summed E-state index contributed by atoms with van der Waals surface area (Å²) < 4.78 is 25.1. The van der Waals surface area contributed by atoms with E-state index in [-0.39, 0.29) is 0 Å². The lowest BCUT2D eigenvalue weighted by molar-refractivity contribution is 0.208. The predicted molar refractivity (Wildman–Crippen MR) is 46.5 cm³/mol. The fraction of sp³-hybridized carbons (Fsp3) is 0.333. The third kappa shape index (κ3) is 2.99. The van der Waals surface area contributed by atoms with Gasteiger partial charge in [0.25, 0.3) is 0 Å². The van der Waals surface area contributed by atoms with Crippen LogP contribution in [-0.2, 0) is 0 Å². The molecule has 0 fully saturated rings. The minimum Gasteiger partial charge on any atom is -0.392 e. The summed E-state index contributed by atoms with van der Waals surface area (Å²) in [6.07, 6.45) is -0.520. The van der Waals surface area contributed by atoms with Crippen LogP contribution in [0.3, 0.4) is 0 Å². The van der Waals surface area contributed by atoms with Crippen LogP contribution < -0.4 is 5.32 Å². The molecule has 4 heteroatoms. The van der Waals surface area contributed by atoms with Crippen LogP contribution in [0.25, 0.3) is 0 Å². The minimum absolute atomic E-state index is 0.311. The van der Waals surface area contributed by atoms with Gasteiger partial charge in [-0.15, -0.1) is 0 Å². The SMILES string of the molecule is C[C@H](O)CNc1ccc(F)c(F)c1. The number of hydrogen-bond donors (Lipinski definition) is 2. The van der Waals surface area contributed by atoms with Crippen molar-refractivity contribution in [3.63, 3.8) is 0 Å². The van der Waals surface area contributed by atoms with Gasteiger partial charge in [-0.2, -0.15) is 0 Å². The number of halogens is 2. The molecule has 0 spiro atoms. The van der Waals surface area contributed by atoms with Crippen LogP contribution in [0, 0.1) is 11.6 Å². The Morgan fingerprint density at radius 2 is 2.08 bits per heavy atom. The van der Waals surface area contributed by atoms with Crippen molar-refractivity contribution >= 4 is 5.69 Å². The number of benzene rings is 1. The van der Waals surface area contributed by atoms with Gasteiger partial charge in [0, 0.05) is 18.3 Å². The molecule has 0 heterocycles. The van der Waals surface area contributed by atoms with Gasteiger partial charge in [-0.05, 0) is 19.1 Å². The summed E-state index contributed by atoms with van der Waals surface area (Å²) in [7, 11) is 0. The van der Waals surface area contributed by atoms with Crippen molar-refractivity contribution in [2.24, 2.45) is 0 Å². The van der Waals surface area contributed by atoms with E-state index in [1.54, 1.807) is 6.92 Å². The molecule has 0 aliphatic heterocycles. The van der Waals surface area contributed by atoms with Crippen LogP contribution in [0.5, 0.6) is 0 Å².